The smallest absolute Gasteiger partial charge is 0.407 e. The maximum atomic E-state index is 12.9. The third-order valence-electron chi connectivity index (χ3n) is 7.36. The Balaban J connectivity index is 1.34. The molecule has 4 rings (SSSR count). The Morgan fingerprint density at radius 2 is 1.63 bits per heavy atom. The predicted octanol–water partition coefficient (Wildman–Crippen LogP) is 4.70. The molecule has 0 radical (unpaired) electrons. The number of hydrogen-bond donors (Lipinski definition) is 3. The fraction of sp³-hybridized carbons (Fsp3) is 0.464. The van der Waals surface area contributed by atoms with E-state index in [9.17, 15) is 14.4 Å². The van der Waals surface area contributed by atoms with E-state index >= 15 is 0 Å². The molecule has 0 bridgehead atoms. The number of hydrogen-bond acceptors (Lipinski definition) is 4. The number of alkyl carbamates (subject to hydrolysis) is 1. The van der Waals surface area contributed by atoms with Crippen molar-refractivity contribution in [3.05, 3.63) is 59.7 Å². The van der Waals surface area contributed by atoms with Gasteiger partial charge in [-0.3, -0.25) is 9.59 Å². The van der Waals surface area contributed by atoms with Crippen LogP contribution in [0.25, 0.3) is 11.1 Å². The van der Waals surface area contributed by atoms with Gasteiger partial charge in [0.15, 0.2) is 0 Å². The summed E-state index contributed by atoms with van der Waals surface area (Å²) in [6.45, 7) is 2.48. The van der Waals surface area contributed by atoms with E-state index in [0.717, 1.165) is 24.0 Å². The molecule has 2 aliphatic carbocycles. The van der Waals surface area contributed by atoms with Crippen molar-refractivity contribution in [1.82, 2.24) is 10.6 Å². The van der Waals surface area contributed by atoms with Crippen LogP contribution in [0.3, 0.4) is 0 Å². The summed E-state index contributed by atoms with van der Waals surface area (Å²) in [5.74, 6) is -1.45. The molecule has 0 aliphatic heterocycles. The topological polar surface area (TPSA) is 105 Å². The SMILES string of the molecule is CCC(CNC(=O)[C@H]1CCCC[C@H]1NC(=O)OCC1c2ccccc2-c2ccccc21)CC(=O)O. The number of carboxylic acid groups (broad SMARTS) is 1. The summed E-state index contributed by atoms with van der Waals surface area (Å²) >= 11 is 0. The number of amides is 2. The van der Waals surface area contributed by atoms with E-state index in [4.69, 9.17) is 9.84 Å². The van der Waals surface area contributed by atoms with Crippen LogP contribution in [0, 0.1) is 11.8 Å². The Morgan fingerprint density at radius 1 is 1.00 bits per heavy atom. The number of carbonyl (C=O) groups excluding carboxylic acids is 2. The molecule has 1 saturated carbocycles. The third-order valence-corrected chi connectivity index (χ3v) is 7.36. The van der Waals surface area contributed by atoms with E-state index in [1.807, 2.05) is 31.2 Å². The fourth-order valence-corrected chi connectivity index (χ4v) is 5.39. The zero-order valence-corrected chi connectivity index (χ0v) is 20.2. The van der Waals surface area contributed by atoms with Gasteiger partial charge in [-0.15, -0.1) is 0 Å². The van der Waals surface area contributed by atoms with Gasteiger partial charge < -0.3 is 20.5 Å². The van der Waals surface area contributed by atoms with Gasteiger partial charge in [0, 0.05) is 24.9 Å². The second kappa shape index (κ2) is 11.4. The lowest BCUT2D eigenvalue weighted by molar-refractivity contribution is -0.138. The van der Waals surface area contributed by atoms with Crippen LogP contribution in [0.5, 0.6) is 0 Å². The van der Waals surface area contributed by atoms with Gasteiger partial charge in [0.2, 0.25) is 5.91 Å². The lowest BCUT2D eigenvalue weighted by Crippen LogP contribution is -2.49. The van der Waals surface area contributed by atoms with Crippen LogP contribution >= 0.6 is 0 Å². The summed E-state index contributed by atoms with van der Waals surface area (Å²) in [4.78, 5) is 36.7. The van der Waals surface area contributed by atoms with Crippen LogP contribution in [-0.4, -0.2) is 42.3 Å². The number of carboxylic acids is 1. The highest BCUT2D eigenvalue weighted by molar-refractivity contribution is 5.81. The monoisotopic (exact) mass is 478 g/mol. The molecule has 2 aromatic rings. The molecule has 3 N–H and O–H groups in total. The van der Waals surface area contributed by atoms with Crippen LogP contribution in [0.4, 0.5) is 4.79 Å². The molecule has 186 valence electrons. The standard InChI is InChI=1S/C28H34N2O5/c1-2-18(15-26(31)32)16-29-27(33)23-13-7-8-14-25(23)30-28(34)35-17-24-21-11-5-3-9-19(21)20-10-4-6-12-22(20)24/h3-6,9-12,18,23-25H,2,7-8,13-17H2,1H3,(H,29,33)(H,30,34)(H,31,32)/t18?,23-,25+/m0/s1. The number of fused-ring (bicyclic) bond motifs is 3. The van der Waals surface area contributed by atoms with Crippen LogP contribution < -0.4 is 10.6 Å². The maximum absolute atomic E-state index is 12.9. The molecule has 0 spiro atoms. The normalized spacial score (nSPS) is 19.8. The second-order valence-corrected chi connectivity index (χ2v) is 9.58. The van der Waals surface area contributed by atoms with Crippen LogP contribution in [0.1, 0.15) is 62.5 Å². The predicted molar refractivity (Wildman–Crippen MR) is 133 cm³/mol. The number of benzene rings is 2. The Kier molecular flexibility index (Phi) is 8.06. The number of aliphatic carboxylic acids is 1. The van der Waals surface area contributed by atoms with Crippen molar-refractivity contribution < 1.29 is 24.2 Å². The molecule has 35 heavy (non-hydrogen) atoms. The zero-order valence-electron chi connectivity index (χ0n) is 20.2. The summed E-state index contributed by atoms with van der Waals surface area (Å²) in [6.07, 6.45) is 3.47. The average molecular weight is 479 g/mol. The second-order valence-electron chi connectivity index (χ2n) is 9.58. The molecule has 7 heteroatoms. The first-order valence-corrected chi connectivity index (χ1v) is 12.6. The molecule has 3 atom stereocenters. The number of rotatable bonds is 9. The van der Waals surface area contributed by atoms with E-state index < -0.39 is 12.1 Å². The van der Waals surface area contributed by atoms with Gasteiger partial charge in [-0.05, 0) is 41.0 Å². The van der Waals surface area contributed by atoms with Crippen molar-refractivity contribution in [3.63, 3.8) is 0 Å². The molecule has 2 amide bonds. The molecular formula is C28H34N2O5. The zero-order chi connectivity index (χ0) is 24.8. The molecule has 0 aromatic heterocycles. The number of carbonyl (C=O) groups is 3. The lowest BCUT2D eigenvalue weighted by atomic mass is 9.83. The van der Waals surface area contributed by atoms with Gasteiger partial charge >= 0.3 is 12.1 Å². The van der Waals surface area contributed by atoms with Crippen molar-refractivity contribution in [2.75, 3.05) is 13.2 Å². The first-order valence-electron chi connectivity index (χ1n) is 12.6. The average Bonchev–Trinajstić information content (AvgIpc) is 3.19. The minimum Gasteiger partial charge on any atom is -0.481 e. The minimum absolute atomic E-state index is 0.0150. The van der Waals surface area contributed by atoms with Gasteiger partial charge in [0.25, 0.3) is 0 Å². The van der Waals surface area contributed by atoms with Gasteiger partial charge in [-0.25, -0.2) is 4.79 Å². The fourth-order valence-electron chi connectivity index (χ4n) is 5.39. The third kappa shape index (κ3) is 5.84. The van der Waals surface area contributed by atoms with E-state index in [0.29, 0.717) is 25.8 Å². The van der Waals surface area contributed by atoms with Crippen molar-refractivity contribution in [2.45, 2.75) is 57.4 Å². The number of nitrogens with one attached hydrogen (secondary N) is 2. The Bertz CT molecular complexity index is 1020. The maximum Gasteiger partial charge on any atom is 0.407 e. The Labute approximate surface area is 206 Å². The Morgan fingerprint density at radius 3 is 2.26 bits per heavy atom. The highest BCUT2D eigenvalue weighted by Crippen LogP contribution is 2.44. The molecule has 2 aromatic carbocycles. The summed E-state index contributed by atoms with van der Waals surface area (Å²) in [5, 5.41) is 14.9. The van der Waals surface area contributed by atoms with E-state index in [-0.39, 0.29) is 42.7 Å². The largest absolute Gasteiger partial charge is 0.481 e. The molecule has 7 nitrogen and oxygen atoms in total. The number of ether oxygens (including phenoxy) is 1. The van der Waals surface area contributed by atoms with Gasteiger partial charge in [-0.1, -0.05) is 74.7 Å². The first kappa shape index (κ1) is 24.8. The summed E-state index contributed by atoms with van der Waals surface area (Å²) in [7, 11) is 0. The molecule has 1 fully saturated rings. The minimum atomic E-state index is -0.862. The van der Waals surface area contributed by atoms with E-state index in [2.05, 4.69) is 34.9 Å². The van der Waals surface area contributed by atoms with Gasteiger partial charge in [0.05, 0.1) is 5.92 Å². The van der Waals surface area contributed by atoms with Gasteiger partial charge in [0.1, 0.15) is 6.61 Å². The van der Waals surface area contributed by atoms with Crippen molar-refractivity contribution in [1.29, 1.82) is 0 Å². The summed E-state index contributed by atoms with van der Waals surface area (Å²) in [6, 6.07) is 16.1. The highest BCUT2D eigenvalue weighted by atomic mass is 16.5. The van der Waals surface area contributed by atoms with Gasteiger partial charge in [-0.2, -0.15) is 0 Å². The summed E-state index contributed by atoms with van der Waals surface area (Å²) in [5.41, 5.74) is 4.66. The highest BCUT2D eigenvalue weighted by Gasteiger charge is 2.34. The van der Waals surface area contributed by atoms with Crippen LogP contribution in [0.15, 0.2) is 48.5 Å². The van der Waals surface area contributed by atoms with Crippen molar-refractivity contribution in [3.8, 4) is 11.1 Å². The molecule has 0 heterocycles. The van der Waals surface area contributed by atoms with Crippen molar-refractivity contribution in [2.24, 2.45) is 11.8 Å². The van der Waals surface area contributed by atoms with E-state index in [1.165, 1.54) is 11.1 Å². The van der Waals surface area contributed by atoms with Crippen molar-refractivity contribution >= 4 is 18.0 Å². The summed E-state index contributed by atoms with van der Waals surface area (Å²) < 4.78 is 5.68. The Hall–Kier alpha value is -3.35. The molecule has 0 saturated heterocycles. The van der Waals surface area contributed by atoms with E-state index in [1.54, 1.807) is 0 Å². The molecule has 2 aliphatic rings. The lowest BCUT2D eigenvalue weighted by Gasteiger charge is -2.31. The molecule has 1 unspecified atom stereocenters. The van der Waals surface area contributed by atoms with Crippen LogP contribution in [0.2, 0.25) is 0 Å². The first-order chi connectivity index (χ1) is 17.0. The van der Waals surface area contributed by atoms with Crippen LogP contribution in [-0.2, 0) is 14.3 Å². The molecular weight excluding hydrogens is 444 g/mol. The quantitative estimate of drug-likeness (QED) is 0.485.